The Morgan fingerprint density at radius 1 is 0.833 bits per heavy atom. The Kier molecular flexibility index (Phi) is 12.9. The number of benzene rings is 2. The number of hydrogen-bond acceptors (Lipinski definition) is 8. The minimum atomic E-state index is -1.09. The van der Waals surface area contributed by atoms with E-state index >= 15 is 0 Å². The lowest BCUT2D eigenvalue weighted by molar-refractivity contribution is 0.0668. The third kappa shape index (κ3) is 10.7. The van der Waals surface area contributed by atoms with Gasteiger partial charge in [0, 0.05) is 49.6 Å². The van der Waals surface area contributed by atoms with Gasteiger partial charge >= 0.3 is 5.97 Å². The predicted octanol–water partition coefficient (Wildman–Crippen LogP) is 7.42. The first-order chi connectivity index (χ1) is 28.5. The number of nitrogens with one attached hydrogen (secondary N) is 2. The van der Waals surface area contributed by atoms with Gasteiger partial charge in [0.2, 0.25) is 0 Å². The number of anilines is 2. The third-order valence-corrected chi connectivity index (χ3v) is 13.4. The summed E-state index contributed by atoms with van der Waals surface area (Å²) in [7, 11) is -1.09. The molecule has 15 heteroatoms. The number of aromatic carboxylic acids is 1. The highest BCUT2D eigenvalue weighted by Crippen LogP contribution is 2.49. The Hall–Kier alpha value is -5.80. The molecule has 2 aromatic carbocycles. The number of nitrogens with two attached hydrogens (primary N) is 1. The highest BCUT2D eigenvalue weighted by atomic mass is 28.3. The van der Waals surface area contributed by atoms with Crippen molar-refractivity contribution < 1.29 is 19.4 Å². The number of H-pyrrole nitrogens is 1. The Bertz CT molecular complexity index is 2380. The Labute approximate surface area is 352 Å². The van der Waals surface area contributed by atoms with Gasteiger partial charge in [-0.2, -0.15) is 20.4 Å². The van der Waals surface area contributed by atoms with Crippen molar-refractivity contribution in [1.29, 1.82) is 0 Å². The van der Waals surface area contributed by atoms with Crippen LogP contribution in [0.15, 0.2) is 85.5 Å². The molecule has 5 N–H and O–H groups in total. The van der Waals surface area contributed by atoms with E-state index in [2.05, 4.69) is 74.7 Å². The summed E-state index contributed by atoms with van der Waals surface area (Å²) in [4.78, 5) is 24.0. The van der Waals surface area contributed by atoms with Crippen LogP contribution in [0.5, 0.6) is 0 Å². The topological polar surface area (TPSA) is 184 Å². The average molecular weight is 831 g/mol. The molecule has 2 saturated carbocycles. The van der Waals surface area contributed by atoms with Crippen molar-refractivity contribution in [1.82, 2.24) is 39.5 Å². The summed E-state index contributed by atoms with van der Waals surface area (Å²) in [6.07, 6.45) is 13.4. The first-order valence-electron chi connectivity index (χ1n) is 20.6. The minimum absolute atomic E-state index is 0. The van der Waals surface area contributed by atoms with Crippen molar-refractivity contribution in [2.75, 3.05) is 17.7 Å². The van der Waals surface area contributed by atoms with Crippen LogP contribution in [0.25, 0.3) is 0 Å². The number of amides is 1. The van der Waals surface area contributed by atoms with Crippen molar-refractivity contribution in [2.45, 2.75) is 91.5 Å². The maximum Gasteiger partial charge on any atom is 0.356 e. The Balaban J connectivity index is 0.000000142. The zero-order valence-corrected chi connectivity index (χ0v) is 35.1. The summed E-state index contributed by atoms with van der Waals surface area (Å²) in [5.74, 6) is 1.94. The normalized spacial score (nSPS) is 19.1. The SMILES string of the molecule is C.C[Si](C)(C)CCOCn1nc(C(=O)O)c2c1CC1CC1C2.Nc1cnn(Cc2ccccc2)c1.O=C(Nc1cnn(Cc2ccccc2)c1)c1n[nH]c2c1CC1CC1C2. The number of nitrogens with zero attached hydrogens (tertiary/aromatic N) is 7. The maximum atomic E-state index is 12.6. The molecule has 10 rings (SSSR count). The molecule has 316 valence electrons. The van der Waals surface area contributed by atoms with Crippen LogP contribution in [0.1, 0.15) is 74.9 Å². The number of rotatable bonds is 12. The molecule has 0 aliphatic heterocycles. The molecule has 0 radical (unpaired) electrons. The number of carboxylic acid groups (broad SMARTS) is 1. The van der Waals surface area contributed by atoms with Crippen LogP contribution in [0, 0.1) is 23.7 Å². The second-order valence-electron chi connectivity index (χ2n) is 17.6. The maximum absolute atomic E-state index is 12.6. The molecule has 4 aliphatic rings. The molecule has 4 aliphatic carbocycles. The van der Waals surface area contributed by atoms with Crippen LogP contribution in [0.2, 0.25) is 25.7 Å². The number of carbonyl (C=O) groups is 2. The molecular weight excluding hydrogens is 773 g/mol. The largest absolute Gasteiger partial charge is 0.476 e. The monoisotopic (exact) mass is 830 g/mol. The van der Waals surface area contributed by atoms with Gasteiger partial charge in [-0.05, 0) is 79.4 Å². The number of aromatic nitrogens is 8. The van der Waals surface area contributed by atoms with E-state index in [4.69, 9.17) is 10.5 Å². The molecule has 4 atom stereocenters. The average Bonchev–Trinajstić information content (AvgIpc) is 3.89. The van der Waals surface area contributed by atoms with Crippen LogP contribution in [0.3, 0.4) is 0 Å². The van der Waals surface area contributed by atoms with Crippen molar-refractivity contribution in [3.8, 4) is 0 Å². The van der Waals surface area contributed by atoms with E-state index in [0.29, 0.717) is 36.3 Å². The summed E-state index contributed by atoms with van der Waals surface area (Å²) in [5.41, 5.74) is 14.4. The molecule has 1 amide bonds. The molecular formula is C45H58N10O4Si. The van der Waals surface area contributed by atoms with Crippen molar-refractivity contribution in [2.24, 2.45) is 23.7 Å². The van der Waals surface area contributed by atoms with Gasteiger partial charge in [0.15, 0.2) is 11.4 Å². The first kappa shape index (κ1) is 42.3. The summed E-state index contributed by atoms with van der Waals surface area (Å²) in [5, 5.41) is 32.3. The lowest BCUT2D eigenvalue weighted by atomic mass is 9.96. The van der Waals surface area contributed by atoms with Gasteiger partial charge in [-0.1, -0.05) is 87.7 Å². The molecule has 4 heterocycles. The predicted molar refractivity (Wildman–Crippen MR) is 235 cm³/mol. The number of aromatic amines is 1. The molecule has 4 unspecified atom stereocenters. The smallest absolute Gasteiger partial charge is 0.356 e. The zero-order chi connectivity index (χ0) is 41.1. The molecule has 6 aromatic rings. The number of ether oxygens (including phenoxy) is 1. The number of hydrogen-bond donors (Lipinski definition) is 4. The van der Waals surface area contributed by atoms with Gasteiger partial charge in [0.1, 0.15) is 6.73 Å². The Morgan fingerprint density at radius 3 is 2.05 bits per heavy atom. The van der Waals surface area contributed by atoms with E-state index in [0.717, 1.165) is 85.1 Å². The van der Waals surface area contributed by atoms with E-state index in [9.17, 15) is 14.7 Å². The van der Waals surface area contributed by atoms with Crippen LogP contribution in [-0.2, 0) is 50.2 Å². The van der Waals surface area contributed by atoms with Crippen LogP contribution < -0.4 is 11.1 Å². The van der Waals surface area contributed by atoms with Gasteiger partial charge in [-0.3, -0.25) is 19.3 Å². The molecule has 0 saturated heterocycles. The van der Waals surface area contributed by atoms with Gasteiger partial charge in [-0.25, -0.2) is 9.48 Å². The number of carboxylic acids is 1. The van der Waals surface area contributed by atoms with E-state index in [-0.39, 0.29) is 19.0 Å². The van der Waals surface area contributed by atoms with Crippen LogP contribution in [0.4, 0.5) is 11.4 Å². The van der Waals surface area contributed by atoms with Gasteiger partial charge in [-0.15, -0.1) is 0 Å². The second-order valence-corrected chi connectivity index (χ2v) is 23.2. The molecule has 14 nitrogen and oxygen atoms in total. The van der Waals surface area contributed by atoms with Gasteiger partial charge < -0.3 is 20.9 Å². The highest BCUT2D eigenvalue weighted by molar-refractivity contribution is 6.76. The number of fused-ring (bicyclic) bond motifs is 4. The molecule has 2 fully saturated rings. The second kappa shape index (κ2) is 18.2. The standard InChI is InChI=1S/C19H19N5O.C15H24N2O3Si.C10H11N3.CH4/c25-19(18-16-7-13-6-14(13)8-17(16)22-23-18)21-15-9-20-24(11-15)10-12-4-2-1-3-5-12;1-21(2,3)5-4-20-9-17-13-8-11-6-10(11)7-12(13)14(16-17)15(18)19;11-10-6-12-13(8-10)7-9-4-2-1-3-5-9;/h1-5,9,11,13-14H,6-8,10H2,(H,21,25)(H,22,23);10-11H,4-9H2,1-3H3,(H,18,19);1-6,8H,7,11H2;1H4. The summed E-state index contributed by atoms with van der Waals surface area (Å²) in [6.45, 7) is 9.54. The van der Waals surface area contributed by atoms with E-state index < -0.39 is 14.0 Å². The fraction of sp³-hybridized carbons (Fsp3) is 0.422. The first-order valence-corrected chi connectivity index (χ1v) is 24.3. The van der Waals surface area contributed by atoms with E-state index in [1.165, 1.54) is 24.0 Å². The fourth-order valence-corrected chi connectivity index (χ4v) is 8.89. The molecule has 4 aromatic heterocycles. The third-order valence-electron chi connectivity index (χ3n) is 11.7. The number of nitrogen functional groups attached to an aromatic ring is 1. The number of carbonyl (C=O) groups excluding carboxylic acids is 1. The lowest BCUT2D eigenvalue weighted by Crippen LogP contribution is -2.22. The quantitative estimate of drug-likeness (QED) is 0.0720. The van der Waals surface area contributed by atoms with Crippen LogP contribution >= 0.6 is 0 Å². The van der Waals surface area contributed by atoms with Gasteiger partial charge in [0.25, 0.3) is 5.91 Å². The van der Waals surface area contributed by atoms with E-state index in [1.54, 1.807) is 17.1 Å². The van der Waals surface area contributed by atoms with E-state index in [1.807, 2.05) is 58.2 Å². The highest BCUT2D eigenvalue weighted by Gasteiger charge is 2.45. The zero-order valence-electron chi connectivity index (χ0n) is 34.1. The van der Waals surface area contributed by atoms with Crippen molar-refractivity contribution in [3.63, 3.8) is 0 Å². The summed E-state index contributed by atoms with van der Waals surface area (Å²) >= 11 is 0. The Morgan fingerprint density at radius 2 is 1.43 bits per heavy atom. The van der Waals surface area contributed by atoms with Crippen molar-refractivity contribution >= 4 is 31.3 Å². The molecule has 60 heavy (non-hydrogen) atoms. The lowest BCUT2D eigenvalue weighted by Gasteiger charge is -2.17. The minimum Gasteiger partial charge on any atom is -0.476 e. The van der Waals surface area contributed by atoms with Crippen molar-refractivity contribution in [3.05, 3.63) is 130 Å². The fourth-order valence-electron chi connectivity index (χ4n) is 8.13. The molecule has 0 spiro atoms. The summed E-state index contributed by atoms with van der Waals surface area (Å²) in [6, 6.07) is 21.4. The van der Waals surface area contributed by atoms with Gasteiger partial charge in [0.05, 0.1) is 36.9 Å². The van der Waals surface area contributed by atoms with Crippen LogP contribution in [-0.4, -0.2) is 71.2 Å². The molecule has 0 bridgehead atoms. The summed E-state index contributed by atoms with van der Waals surface area (Å²) < 4.78 is 11.2.